The molecule has 0 fully saturated rings. The number of aliphatic hydroxyl groups is 4. The van der Waals surface area contributed by atoms with Crippen molar-refractivity contribution in [1.82, 2.24) is 0 Å². The van der Waals surface area contributed by atoms with E-state index < -0.39 is 12.3 Å². The third-order valence-electron chi connectivity index (χ3n) is 0.726. The van der Waals surface area contributed by atoms with Gasteiger partial charge in [0, 0.05) is 12.7 Å². The molecule has 0 spiro atoms. The highest BCUT2D eigenvalue weighted by Crippen LogP contribution is 1.94. The van der Waals surface area contributed by atoms with Gasteiger partial charge in [-0.2, -0.15) is 0 Å². The van der Waals surface area contributed by atoms with Gasteiger partial charge >= 0.3 is 5.97 Å². The van der Waals surface area contributed by atoms with Crippen LogP contribution in [0.3, 0.4) is 0 Å². The molecule has 0 saturated heterocycles. The number of hydrogen-bond donors (Lipinski definition) is 4. The van der Waals surface area contributed by atoms with E-state index >= 15 is 0 Å². The fraction of sp³-hybridized carbons (Fsp3) is 0.400. The first-order valence-electron chi connectivity index (χ1n) is 5.66. The van der Waals surface area contributed by atoms with Crippen molar-refractivity contribution in [1.29, 1.82) is 0 Å². The Morgan fingerprint density at radius 1 is 1.00 bits per heavy atom. The molecule has 0 aromatic carbocycles. The maximum Gasteiger partial charge on any atom is 0.335 e. The van der Waals surface area contributed by atoms with Crippen LogP contribution in [0, 0.1) is 0 Å². The van der Waals surface area contributed by atoms with Gasteiger partial charge in [0.25, 0.3) is 0 Å². The maximum atomic E-state index is 10.5. The Hall–Kier alpha value is -1.73. The molecule has 1 atom stereocenters. The van der Waals surface area contributed by atoms with Gasteiger partial charge in [-0.25, -0.2) is 4.79 Å². The van der Waals surface area contributed by atoms with Gasteiger partial charge in [0.15, 0.2) is 6.29 Å². The highest BCUT2D eigenvalue weighted by molar-refractivity contribution is 5.86. The first-order chi connectivity index (χ1) is 9.95. The van der Waals surface area contributed by atoms with Crippen molar-refractivity contribution in [2.24, 2.45) is 0 Å². The Kier molecular flexibility index (Phi) is 89.9. The lowest BCUT2D eigenvalue weighted by atomic mass is 10.4. The molecule has 1 unspecified atom stereocenters. The van der Waals surface area contributed by atoms with Gasteiger partial charge in [0.2, 0.25) is 0 Å². The summed E-state index contributed by atoms with van der Waals surface area (Å²) in [5, 5.41) is 30.7. The quantitative estimate of drug-likeness (QED) is 0.272. The summed E-state index contributed by atoms with van der Waals surface area (Å²) in [6, 6.07) is 0. The Balaban J connectivity index is -0.0000000395. The van der Waals surface area contributed by atoms with Crippen LogP contribution in [0.4, 0.5) is 0 Å². The van der Waals surface area contributed by atoms with Crippen LogP contribution in [0.1, 0.15) is 13.8 Å². The standard InChI is InChI=1S/C6H10O3.C2H6O2.3C2H4.CH4O/c1-4(2)6(8)9-5(3)7;3-1-2-4;4*1-2/h5,7H,1H2,2-3H3;3-4H,1-2H2;3*1-2H2;2H,1H3. The summed E-state index contributed by atoms with van der Waals surface area (Å²) in [6.45, 7) is 24.0. The van der Waals surface area contributed by atoms with E-state index in [4.69, 9.17) is 20.4 Å². The summed E-state index contributed by atoms with van der Waals surface area (Å²) < 4.78 is 4.33. The lowest BCUT2D eigenvalue weighted by molar-refractivity contribution is -0.159. The van der Waals surface area contributed by atoms with Gasteiger partial charge in [-0.1, -0.05) is 6.58 Å². The average molecular weight is 308 g/mol. The Morgan fingerprint density at radius 2 is 1.24 bits per heavy atom. The van der Waals surface area contributed by atoms with Crippen LogP contribution in [0.2, 0.25) is 0 Å². The molecule has 0 rings (SSSR count). The summed E-state index contributed by atoms with van der Waals surface area (Å²) >= 11 is 0. The van der Waals surface area contributed by atoms with E-state index in [-0.39, 0.29) is 18.8 Å². The summed E-state index contributed by atoms with van der Waals surface area (Å²) in [7, 11) is 1.00. The second kappa shape index (κ2) is 51.7. The average Bonchev–Trinajstić information content (AvgIpc) is 2.54. The van der Waals surface area contributed by atoms with Crippen molar-refractivity contribution in [3.8, 4) is 0 Å². The van der Waals surface area contributed by atoms with Gasteiger partial charge in [0.05, 0.1) is 13.2 Å². The van der Waals surface area contributed by atoms with E-state index in [0.29, 0.717) is 0 Å². The van der Waals surface area contributed by atoms with Crippen LogP contribution >= 0.6 is 0 Å². The van der Waals surface area contributed by atoms with Gasteiger partial charge in [-0.05, 0) is 13.8 Å². The molecule has 0 radical (unpaired) electrons. The molecule has 0 amide bonds. The molecular formula is C15H32O6. The second-order valence-electron chi connectivity index (χ2n) is 2.23. The Labute approximate surface area is 129 Å². The van der Waals surface area contributed by atoms with E-state index in [0.717, 1.165) is 7.11 Å². The number of ether oxygens (including phenoxy) is 1. The van der Waals surface area contributed by atoms with Gasteiger partial charge in [-0.15, -0.1) is 39.5 Å². The van der Waals surface area contributed by atoms with Gasteiger partial charge < -0.3 is 25.2 Å². The molecule has 0 heterocycles. The molecule has 0 bridgehead atoms. The molecule has 0 aliphatic carbocycles. The van der Waals surface area contributed by atoms with Crippen LogP contribution in [0.25, 0.3) is 0 Å². The van der Waals surface area contributed by atoms with E-state index in [2.05, 4.69) is 50.8 Å². The zero-order valence-corrected chi connectivity index (χ0v) is 13.5. The number of carbonyl (C=O) groups excluding carboxylic acids is 1. The minimum absolute atomic E-state index is 0.125. The zero-order chi connectivity index (χ0) is 18.9. The molecule has 0 aliphatic rings. The normalized spacial score (nSPS) is 7.57. The fourth-order valence-corrected chi connectivity index (χ4v) is 0.255. The maximum absolute atomic E-state index is 10.5. The Morgan fingerprint density at radius 3 is 1.29 bits per heavy atom. The highest BCUT2D eigenvalue weighted by Gasteiger charge is 2.04. The van der Waals surface area contributed by atoms with Gasteiger partial charge in [-0.3, -0.25) is 0 Å². The predicted molar refractivity (Wildman–Crippen MR) is 88.7 cm³/mol. The van der Waals surface area contributed by atoms with Crippen molar-refractivity contribution in [3.05, 3.63) is 51.6 Å². The molecule has 6 heteroatoms. The number of aliphatic hydroxyl groups excluding tert-OH is 4. The minimum Gasteiger partial charge on any atom is -0.433 e. The predicted octanol–water partition coefficient (Wildman–Crippen LogP) is 1.43. The lowest BCUT2D eigenvalue weighted by Gasteiger charge is -2.04. The van der Waals surface area contributed by atoms with Crippen molar-refractivity contribution in [2.45, 2.75) is 20.1 Å². The lowest BCUT2D eigenvalue weighted by Crippen LogP contribution is -2.13. The van der Waals surface area contributed by atoms with E-state index in [1.54, 1.807) is 0 Å². The van der Waals surface area contributed by atoms with Crippen LogP contribution in [-0.4, -0.2) is 53.0 Å². The summed E-state index contributed by atoms with van der Waals surface area (Å²) in [4.78, 5) is 10.5. The number of rotatable bonds is 3. The molecule has 4 N–H and O–H groups in total. The van der Waals surface area contributed by atoms with Crippen molar-refractivity contribution >= 4 is 5.97 Å². The number of esters is 1. The van der Waals surface area contributed by atoms with Crippen LogP contribution in [-0.2, 0) is 9.53 Å². The van der Waals surface area contributed by atoms with E-state index in [1.807, 2.05) is 0 Å². The summed E-state index contributed by atoms with van der Waals surface area (Å²) in [6.07, 6.45) is -1.05. The molecular weight excluding hydrogens is 276 g/mol. The minimum atomic E-state index is -1.05. The van der Waals surface area contributed by atoms with Crippen LogP contribution < -0.4 is 0 Å². The molecule has 0 saturated carbocycles. The van der Waals surface area contributed by atoms with E-state index in [1.165, 1.54) is 13.8 Å². The van der Waals surface area contributed by atoms with Crippen LogP contribution in [0.15, 0.2) is 51.6 Å². The largest absolute Gasteiger partial charge is 0.433 e. The van der Waals surface area contributed by atoms with Crippen molar-refractivity contribution in [3.63, 3.8) is 0 Å². The highest BCUT2D eigenvalue weighted by atomic mass is 16.6. The monoisotopic (exact) mass is 308 g/mol. The first-order valence-corrected chi connectivity index (χ1v) is 5.66. The second-order valence-corrected chi connectivity index (χ2v) is 2.23. The molecule has 0 aromatic rings. The third kappa shape index (κ3) is 91.5. The Bertz CT molecular complexity index is 186. The number of carbonyl (C=O) groups is 1. The van der Waals surface area contributed by atoms with Crippen LogP contribution in [0.5, 0.6) is 0 Å². The fourth-order valence-electron chi connectivity index (χ4n) is 0.255. The van der Waals surface area contributed by atoms with E-state index in [9.17, 15) is 4.79 Å². The molecule has 6 nitrogen and oxygen atoms in total. The number of hydrogen-bond acceptors (Lipinski definition) is 6. The molecule has 128 valence electrons. The third-order valence-corrected chi connectivity index (χ3v) is 0.726. The zero-order valence-electron chi connectivity index (χ0n) is 13.5. The summed E-state index contributed by atoms with van der Waals surface area (Å²) in [5.74, 6) is -0.565. The summed E-state index contributed by atoms with van der Waals surface area (Å²) in [5.41, 5.74) is 0.288. The smallest absolute Gasteiger partial charge is 0.335 e. The molecule has 21 heavy (non-hydrogen) atoms. The first kappa shape index (κ1) is 36.5. The van der Waals surface area contributed by atoms with Gasteiger partial charge in [0.1, 0.15) is 0 Å². The van der Waals surface area contributed by atoms with Crippen molar-refractivity contribution < 1.29 is 30.0 Å². The van der Waals surface area contributed by atoms with Crippen molar-refractivity contribution in [2.75, 3.05) is 20.3 Å². The molecule has 0 aromatic heterocycles. The molecule has 0 aliphatic heterocycles. The SMILES string of the molecule is C=C.C=C.C=C.C=C(C)C(=O)OC(C)O.CO.OCCO. The topological polar surface area (TPSA) is 107 Å².